The summed E-state index contributed by atoms with van der Waals surface area (Å²) in [4.78, 5) is 10.3. The minimum absolute atomic E-state index is 0.0369. The second kappa shape index (κ2) is 5.54. The molecular formula is C12H15ClN2O3. The zero-order valence-electron chi connectivity index (χ0n) is 10.1. The molecule has 0 saturated carbocycles. The van der Waals surface area contributed by atoms with Gasteiger partial charge in [0, 0.05) is 24.1 Å². The first kappa shape index (κ1) is 13.1. The van der Waals surface area contributed by atoms with Crippen LogP contribution in [0.25, 0.3) is 0 Å². The first-order valence-corrected chi connectivity index (χ1v) is 6.24. The Morgan fingerprint density at radius 2 is 2.39 bits per heavy atom. The number of hydrogen-bond acceptors (Lipinski definition) is 4. The fourth-order valence-corrected chi connectivity index (χ4v) is 2.16. The summed E-state index contributed by atoms with van der Waals surface area (Å²) >= 11 is 5.96. The average molecular weight is 271 g/mol. The van der Waals surface area contributed by atoms with Crippen molar-refractivity contribution in [1.82, 2.24) is 5.32 Å². The fraction of sp³-hybridized carbons (Fsp3) is 0.500. The van der Waals surface area contributed by atoms with E-state index < -0.39 is 4.92 Å². The fourth-order valence-electron chi connectivity index (χ4n) is 1.96. The van der Waals surface area contributed by atoms with Crippen molar-refractivity contribution in [3.63, 3.8) is 0 Å². The SMILES string of the molecule is Cc1c(Cl)cc([N+](=O)[O-])cc1OCC1CCNC1. The van der Waals surface area contributed by atoms with Crippen LogP contribution in [0.1, 0.15) is 12.0 Å². The molecule has 0 aromatic heterocycles. The predicted molar refractivity (Wildman–Crippen MR) is 69.3 cm³/mol. The molecule has 1 aromatic rings. The number of hydrogen-bond donors (Lipinski definition) is 1. The zero-order chi connectivity index (χ0) is 13.1. The van der Waals surface area contributed by atoms with Crippen LogP contribution in [0.5, 0.6) is 5.75 Å². The molecule has 0 bridgehead atoms. The number of nitrogens with zero attached hydrogens (tertiary/aromatic N) is 1. The van der Waals surface area contributed by atoms with E-state index >= 15 is 0 Å². The summed E-state index contributed by atoms with van der Waals surface area (Å²) in [6, 6.07) is 2.78. The Balaban J connectivity index is 2.12. The Morgan fingerprint density at radius 1 is 1.61 bits per heavy atom. The van der Waals surface area contributed by atoms with Crippen molar-refractivity contribution >= 4 is 17.3 Å². The first-order valence-electron chi connectivity index (χ1n) is 5.86. The molecule has 1 heterocycles. The van der Waals surface area contributed by atoms with E-state index in [-0.39, 0.29) is 5.69 Å². The third-order valence-corrected chi connectivity index (χ3v) is 3.52. The van der Waals surface area contributed by atoms with Crippen LogP contribution in [-0.4, -0.2) is 24.6 Å². The van der Waals surface area contributed by atoms with Gasteiger partial charge in [-0.15, -0.1) is 0 Å². The van der Waals surface area contributed by atoms with Gasteiger partial charge in [0.2, 0.25) is 0 Å². The lowest BCUT2D eigenvalue weighted by molar-refractivity contribution is -0.384. The van der Waals surface area contributed by atoms with E-state index in [1.165, 1.54) is 12.1 Å². The highest BCUT2D eigenvalue weighted by atomic mass is 35.5. The third-order valence-electron chi connectivity index (χ3n) is 3.13. The van der Waals surface area contributed by atoms with Crippen molar-refractivity contribution in [3.05, 3.63) is 32.8 Å². The number of rotatable bonds is 4. The van der Waals surface area contributed by atoms with E-state index in [9.17, 15) is 10.1 Å². The molecule has 1 saturated heterocycles. The molecule has 1 aliphatic rings. The molecule has 98 valence electrons. The Kier molecular flexibility index (Phi) is 4.04. The molecule has 0 spiro atoms. The molecule has 0 amide bonds. The lowest BCUT2D eigenvalue weighted by Crippen LogP contribution is -2.15. The molecular weight excluding hydrogens is 256 g/mol. The van der Waals surface area contributed by atoms with Crippen LogP contribution in [0.15, 0.2) is 12.1 Å². The second-order valence-corrected chi connectivity index (χ2v) is 4.88. The highest BCUT2D eigenvalue weighted by Gasteiger charge is 2.18. The molecule has 6 heteroatoms. The first-order chi connectivity index (χ1) is 8.58. The van der Waals surface area contributed by atoms with Crippen molar-refractivity contribution in [3.8, 4) is 5.75 Å². The Morgan fingerprint density at radius 3 is 3.00 bits per heavy atom. The quantitative estimate of drug-likeness (QED) is 0.674. The molecule has 1 aromatic carbocycles. The Labute approximate surface area is 110 Å². The maximum Gasteiger partial charge on any atom is 0.274 e. The number of nitro benzene ring substituents is 1. The van der Waals surface area contributed by atoms with Gasteiger partial charge in [0.05, 0.1) is 22.6 Å². The Bertz CT molecular complexity index is 459. The maximum atomic E-state index is 10.8. The van der Waals surface area contributed by atoms with Crippen LogP contribution < -0.4 is 10.1 Å². The van der Waals surface area contributed by atoms with Gasteiger partial charge in [-0.25, -0.2) is 0 Å². The number of benzene rings is 1. The van der Waals surface area contributed by atoms with Gasteiger partial charge in [0.15, 0.2) is 0 Å². The van der Waals surface area contributed by atoms with E-state index in [0.717, 1.165) is 25.1 Å². The molecule has 2 rings (SSSR count). The summed E-state index contributed by atoms with van der Waals surface area (Å²) in [5.74, 6) is 0.962. The second-order valence-electron chi connectivity index (χ2n) is 4.48. The highest BCUT2D eigenvalue weighted by Crippen LogP contribution is 2.31. The summed E-state index contributed by atoms with van der Waals surface area (Å²) in [5, 5.41) is 14.4. The van der Waals surface area contributed by atoms with E-state index in [4.69, 9.17) is 16.3 Å². The lowest BCUT2D eigenvalue weighted by Gasteiger charge is -2.13. The molecule has 1 aliphatic heterocycles. The van der Waals surface area contributed by atoms with Gasteiger partial charge in [0.1, 0.15) is 5.75 Å². The zero-order valence-corrected chi connectivity index (χ0v) is 10.9. The van der Waals surface area contributed by atoms with E-state index in [2.05, 4.69) is 5.32 Å². The number of nitrogens with one attached hydrogen (secondary N) is 1. The summed E-state index contributed by atoms with van der Waals surface area (Å²) in [7, 11) is 0. The predicted octanol–water partition coefficient (Wildman–Crippen LogP) is 2.54. The number of halogens is 1. The molecule has 0 radical (unpaired) electrons. The van der Waals surface area contributed by atoms with Crippen LogP contribution in [-0.2, 0) is 0 Å². The number of ether oxygens (including phenoxy) is 1. The van der Waals surface area contributed by atoms with E-state index in [1.807, 2.05) is 0 Å². The van der Waals surface area contributed by atoms with Crippen LogP contribution >= 0.6 is 11.6 Å². The summed E-state index contributed by atoms with van der Waals surface area (Å²) in [6.45, 7) is 4.30. The normalized spacial score (nSPS) is 18.9. The molecule has 5 nitrogen and oxygen atoms in total. The van der Waals surface area contributed by atoms with Crippen LogP contribution in [0, 0.1) is 23.0 Å². The molecule has 1 atom stereocenters. The van der Waals surface area contributed by atoms with Crippen molar-refractivity contribution in [2.45, 2.75) is 13.3 Å². The summed E-state index contributed by atoms with van der Waals surface area (Å²) in [5.41, 5.74) is 0.707. The Hall–Kier alpha value is -1.33. The topological polar surface area (TPSA) is 64.4 Å². The number of non-ortho nitro benzene ring substituents is 1. The van der Waals surface area contributed by atoms with Gasteiger partial charge < -0.3 is 10.1 Å². The molecule has 1 unspecified atom stereocenters. The van der Waals surface area contributed by atoms with Crippen LogP contribution in [0.3, 0.4) is 0 Å². The molecule has 1 fully saturated rings. The van der Waals surface area contributed by atoms with Crippen LogP contribution in [0.4, 0.5) is 5.69 Å². The number of nitro groups is 1. The smallest absolute Gasteiger partial charge is 0.274 e. The van der Waals surface area contributed by atoms with Crippen molar-refractivity contribution < 1.29 is 9.66 Å². The average Bonchev–Trinajstić information content (AvgIpc) is 2.83. The van der Waals surface area contributed by atoms with Crippen molar-refractivity contribution in [1.29, 1.82) is 0 Å². The van der Waals surface area contributed by atoms with Gasteiger partial charge in [-0.3, -0.25) is 10.1 Å². The lowest BCUT2D eigenvalue weighted by atomic mass is 10.1. The molecule has 0 aliphatic carbocycles. The van der Waals surface area contributed by atoms with Gasteiger partial charge in [-0.05, 0) is 19.9 Å². The van der Waals surface area contributed by atoms with Gasteiger partial charge in [-0.2, -0.15) is 0 Å². The van der Waals surface area contributed by atoms with Gasteiger partial charge in [0.25, 0.3) is 5.69 Å². The van der Waals surface area contributed by atoms with Crippen molar-refractivity contribution in [2.75, 3.05) is 19.7 Å². The molecule has 18 heavy (non-hydrogen) atoms. The minimum atomic E-state index is -0.463. The summed E-state index contributed by atoms with van der Waals surface area (Å²) in [6.07, 6.45) is 1.07. The summed E-state index contributed by atoms with van der Waals surface area (Å²) < 4.78 is 5.66. The standard InChI is InChI=1S/C12H15ClN2O3/c1-8-11(13)4-10(15(16)17)5-12(8)18-7-9-2-3-14-6-9/h4-5,9,14H,2-3,6-7H2,1H3. The maximum absolute atomic E-state index is 10.8. The monoisotopic (exact) mass is 270 g/mol. The van der Waals surface area contributed by atoms with Gasteiger partial charge >= 0.3 is 0 Å². The molecule has 1 N–H and O–H groups in total. The largest absolute Gasteiger partial charge is 0.493 e. The minimum Gasteiger partial charge on any atom is -0.493 e. The van der Waals surface area contributed by atoms with E-state index in [1.54, 1.807) is 6.92 Å². The van der Waals surface area contributed by atoms with Gasteiger partial charge in [-0.1, -0.05) is 11.6 Å². The van der Waals surface area contributed by atoms with Crippen LogP contribution in [0.2, 0.25) is 5.02 Å². The van der Waals surface area contributed by atoms with E-state index in [0.29, 0.717) is 23.3 Å². The highest BCUT2D eigenvalue weighted by molar-refractivity contribution is 6.31. The third kappa shape index (κ3) is 2.91. The van der Waals surface area contributed by atoms with Crippen molar-refractivity contribution in [2.24, 2.45) is 5.92 Å².